The number of carboxylic acid groups (broad SMARTS) is 1. The van der Waals surface area contributed by atoms with Gasteiger partial charge in [0.05, 0.1) is 5.92 Å². The van der Waals surface area contributed by atoms with Gasteiger partial charge in [0.1, 0.15) is 0 Å². The number of carboxylic acids is 1. The molecule has 2 fully saturated rings. The molecule has 2 aliphatic carbocycles. The molecule has 1 spiro atoms. The first-order valence-electron chi connectivity index (χ1n) is 5.28. The van der Waals surface area contributed by atoms with Crippen LogP contribution in [0.4, 0.5) is 0 Å². The van der Waals surface area contributed by atoms with E-state index in [9.17, 15) is 4.79 Å². The van der Waals surface area contributed by atoms with Crippen molar-refractivity contribution in [1.82, 2.24) is 0 Å². The third-order valence-electron chi connectivity index (χ3n) is 4.29. The quantitative estimate of drug-likeness (QED) is 0.676. The fourth-order valence-corrected chi connectivity index (χ4v) is 2.94. The zero-order valence-corrected chi connectivity index (χ0v) is 8.42. The summed E-state index contributed by atoms with van der Waals surface area (Å²) >= 11 is 0. The van der Waals surface area contributed by atoms with Gasteiger partial charge in [0.15, 0.2) is 0 Å². The minimum atomic E-state index is -0.568. The molecule has 13 heavy (non-hydrogen) atoms. The molecule has 0 amide bonds. The molecule has 0 heterocycles. The van der Waals surface area contributed by atoms with E-state index in [1.54, 1.807) is 0 Å². The Bertz CT molecular complexity index is 236. The minimum absolute atomic E-state index is 0.0116. The van der Waals surface area contributed by atoms with Crippen LogP contribution in [0.15, 0.2) is 0 Å². The van der Waals surface area contributed by atoms with E-state index in [1.165, 1.54) is 6.42 Å². The van der Waals surface area contributed by atoms with E-state index in [0.717, 1.165) is 31.1 Å². The summed E-state index contributed by atoms with van der Waals surface area (Å²) < 4.78 is 0. The van der Waals surface area contributed by atoms with Crippen molar-refractivity contribution in [3.8, 4) is 0 Å². The highest BCUT2D eigenvalue weighted by Crippen LogP contribution is 2.63. The van der Waals surface area contributed by atoms with Crippen molar-refractivity contribution in [2.24, 2.45) is 23.2 Å². The predicted molar refractivity (Wildman–Crippen MR) is 50.4 cm³/mol. The maximum Gasteiger partial charge on any atom is 0.307 e. The van der Waals surface area contributed by atoms with Gasteiger partial charge >= 0.3 is 5.97 Å². The SMILES string of the molecule is CC1CCC2(CC1C)CC2C(=O)O. The van der Waals surface area contributed by atoms with Gasteiger partial charge in [-0.1, -0.05) is 13.8 Å². The Labute approximate surface area is 79.3 Å². The number of hydrogen-bond acceptors (Lipinski definition) is 1. The summed E-state index contributed by atoms with van der Waals surface area (Å²) in [6.45, 7) is 4.55. The maximum atomic E-state index is 10.8. The van der Waals surface area contributed by atoms with Crippen molar-refractivity contribution in [2.45, 2.75) is 39.5 Å². The zero-order chi connectivity index (χ0) is 9.64. The Morgan fingerprint density at radius 2 is 2.00 bits per heavy atom. The Hall–Kier alpha value is -0.530. The lowest BCUT2D eigenvalue weighted by atomic mass is 9.73. The first kappa shape index (κ1) is 9.04. The molecule has 0 bridgehead atoms. The molecule has 74 valence electrons. The summed E-state index contributed by atoms with van der Waals surface area (Å²) in [5.41, 5.74) is 0.220. The van der Waals surface area contributed by atoms with Crippen LogP contribution in [0.5, 0.6) is 0 Å². The van der Waals surface area contributed by atoms with Crippen molar-refractivity contribution >= 4 is 5.97 Å². The monoisotopic (exact) mass is 182 g/mol. The molecule has 0 aliphatic heterocycles. The number of rotatable bonds is 1. The molecule has 0 aromatic heterocycles. The standard InChI is InChI=1S/C11H18O2/c1-7-3-4-11(5-8(7)2)6-9(11)10(12)13/h7-9H,3-6H2,1-2H3,(H,12,13). The van der Waals surface area contributed by atoms with E-state index >= 15 is 0 Å². The van der Waals surface area contributed by atoms with E-state index in [0.29, 0.717) is 0 Å². The summed E-state index contributed by atoms with van der Waals surface area (Å²) in [7, 11) is 0. The lowest BCUT2D eigenvalue weighted by Crippen LogP contribution is -2.24. The van der Waals surface area contributed by atoms with E-state index in [-0.39, 0.29) is 11.3 Å². The van der Waals surface area contributed by atoms with Crippen LogP contribution in [-0.4, -0.2) is 11.1 Å². The third-order valence-corrected chi connectivity index (χ3v) is 4.29. The Morgan fingerprint density at radius 1 is 1.31 bits per heavy atom. The van der Waals surface area contributed by atoms with Crippen LogP contribution < -0.4 is 0 Å². The number of hydrogen-bond donors (Lipinski definition) is 1. The van der Waals surface area contributed by atoms with Crippen LogP contribution in [-0.2, 0) is 4.79 Å². The fourth-order valence-electron chi connectivity index (χ4n) is 2.94. The average Bonchev–Trinajstić information content (AvgIpc) is 2.74. The van der Waals surface area contributed by atoms with E-state index in [2.05, 4.69) is 13.8 Å². The van der Waals surface area contributed by atoms with Gasteiger partial charge in [-0.05, 0) is 42.9 Å². The molecule has 2 aliphatic rings. The molecule has 0 saturated heterocycles. The Balaban J connectivity index is 2.01. The van der Waals surface area contributed by atoms with Gasteiger partial charge < -0.3 is 5.11 Å². The lowest BCUT2D eigenvalue weighted by Gasteiger charge is -2.32. The average molecular weight is 182 g/mol. The second-order valence-corrected chi connectivity index (χ2v) is 5.15. The molecule has 2 nitrogen and oxygen atoms in total. The van der Waals surface area contributed by atoms with Crippen molar-refractivity contribution in [3.05, 3.63) is 0 Å². The van der Waals surface area contributed by atoms with Crippen LogP contribution in [0.1, 0.15) is 39.5 Å². The topological polar surface area (TPSA) is 37.3 Å². The zero-order valence-electron chi connectivity index (χ0n) is 8.42. The minimum Gasteiger partial charge on any atom is -0.481 e. The van der Waals surface area contributed by atoms with Gasteiger partial charge in [-0.3, -0.25) is 4.79 Å². The molecular weight excluding hydrogens is 164 g/mol. The van der Waals surface area contributed by atoms with Crippen molar-refractivity contribution in [3.63, 3.8) is 0 Å². The summed E-state index contributed by atoms with van der Waals surface area (Å²) in [6, 6.07) is 0. The highest BCUT2D eigenvalue weighted by atomic mass is 16.4. The smallest absolute Gasteiger partial charge is 0.307 e. The molecule has 2 rings (SSSR count). The molecule has 0 aromatic rings. The molecule has 4 unspecified atom stereocenters. The second kappa shape index (κ2) is 2.73. The molecule has 2 heteroatoms. The van der Waals surface area contributed by atoms with E-state index in [1.807, 2.05) is 0 Å². The third kappa shape index (κ3) is 1.36. The molecule has 4 atom stereocenters. The van der Waals surface area contributed by atoms with Crippen molar-refractivity contribution < 1.29 is 9.90 Å². The van der Waals surface area contributed by atoms with Gasteiger partial charge in [0, 0.05) is 0 Å². The van der Waals surface area contributed by atoms with Crippen molar-refractivity contribution in [1.29, 1.82) is 0 Å². The number of carbonyl (C=O) groups is 1. The molecule has 0 aromatic carbocycles. The Kier molecular flexibility index (Phi) is 1.90. The predicted octanol–water partition coefficient (Wildman–Crippen LogP) is 2.53. The van der Waals surface area contributed by atoms with Gasteiger partial charge in [0.2, 0.25) is 0 Å². The van der Waals surface area contributed by atoms with Crippen LogP contribution in [0, 0.1) is 23.2 Å². The summed E-state index contributed by atoms with van der Waals surface area (Å²) in [5, 5.41) is 8.92. The molecular formula is C11H18O2. The first-order chi connectivity index (χ1) is 6.05. The first-order valence-corrected chi connectivity index (χ1v) is 5.28. The largest absolute Gasteiger partial charge is 0.481 e. The van der Waals surface area contributed by atoms with Crippen LogP contribution in [0.25, 0.3) is 0 Å². The highest BCUT2D eigenvalue weighted by Gasteiger charge is 2.59. The molecule has 0 radical (unpaired) electrons. The summed E-state index contributed by atoms with van der Waals surface area (Å²) in [6.07, 6.45) is 4.46. The van der Waals surface area contributed by atoms with E-state index in [4.69, 9.17) is 5.11 Å². The van der Waals surface area contributed by atoms with Gasteiger partial charge in [-0.2, -0.15) is 0 Å². The summed E-state index contributed by atoms with van der Waals surface area (Å²) in [4.78, 5) is 10.8. The molecule has 1 N–H and O–H groups in total. The summed E-state index contributed by atoms with van der Waals surface area (Å²) in [5.74, 6) is 0.933. The van der Waals surface area contributed by atoms with Gasteiger partial charge in [-0.15, -0.1) is 0 Å². The van der Waals surface area contributed by atoms with Crippen molar-refractivity contribution in [2.75, 3.05) is 0 Å². The fraction of sp³-hybridized carbons (Fsp3) is 0.909. The second-order valence-electron chi connectivity index (χ2n) is 5.15. The van der Waals surface area contributed by atoms with Crippen LogP contribution >= 0.6 is 0 Å². The van der Waals surface area contributed by atoms with Crippen LogP contribution in [0.2, 0.25) is 0 Å². The Morgan fingerprint density at radius 3 is 2.46 bits per heavy atom. The van der Waals surface area contributed by atoms with E-state index < -0.39 is 5.97 Å². The highest BCUT2D eigenvalue weighted by molar-refractivity contribution is 5.74. The maximum absolute atomic E-state index is 10.8. The number of aliphatic carboxylic acids is 1. The lowest BCUT2D eigenvalue weighted by molar-refractivity contribution is -0.139. The van der Waals surface area contributed by atoms with Crippen LogP contribution in [0.3, 0.4) is 0 Å². The van der Waals surface area contributed by atoms with Gasteiger partial charge in [0.25, 0.3) is 0 Å². The van der Waals surface area contributed by atoms with Gasteiger partial charge in [-0.25, -0.2) is 0 Å². The molecule has 2 saturated carbocycles. The normalized spacial score (nSPS) is 49.2.